The van der Waals surface area contributed by atoms with E-state index in [0.29, 0.717) is 0 Å². The highest BCUT2D eigenvalue weighted by molar-refractivity contribution is 6.20. The number of amides is 2. The van der Waals surface area contributed by atoms with Crippen molar-refractivity contribution in [3.05, 3.63) is 29.8 Å². The van der Waals surface area contributed by atoms with Crippen molar-refractivity contribution < 1.29 is 18.7 Å². The van der Waals surface area contributed by atoms with Gasteiger partial charge in [-0.1, -0.05) is 25.1 Å². The Kier molecular flexibility index (Phi) is 3.32. The Balaban J connectivity index is 2.46. The number of imide groups is 1. The summed E-state index contributed by atoms with van der Waals surface area (Å²) < 4.78 is 20.1. The molecule has 0 spiro atoms. The molecule has 2 amide bonds. The molecule has 108 valence electrons. The minimum Gasteiger partial charge on any atom is -0.443 e. The summed E-state index contributed by atoms with van der Waals surface area (Å²) in [6.45, 7) is 6.66. The summed E-state index contributed by atoms with van der Waals surface area (Å²) in [5, 5.41) is 0. The smallest absolute Gasteiger partial charge is 0.421 e. The third-order valence-electron chi connectivity index (χ3n) is 3.18. The van der Waals surface area contributed by atoms with Gasteiger partial charge in [-0.15, -0.1) is 0 Å². The first-order valence-corrected chi connectivity index (χ1v) is 6.56. The third kappa shape index (κ3) is 2.17. The summed E-state index contributed by atoms with van der Waals surface area (Å²) in [6, 6.07) is 6.38. The largest absolute Gasteiger partial charge is 0.443 e. The molecule has 1 aromatic rings. The normalized spacial score (nSPS) is 21.9. The molecule has 20 heavy (non-hydrogen) atoms. The molecule has 0 unspecified atom stereocenters. The molecule has 0 fully saturated rings. The molecule has 0 aliphatic carbocycles. The van der Waals surface area contributed by atoms with E-state index in [4.69, 9.17) is 4.74 Å². The van der Waals surface area contributed by atoms with Crippen molar-refractivity contribution in [3.8, 4) is 0 Å². The van der Waals surface area contributed by atoms with E-state index in [1.165, 1.54) is 6.07 Å². The fourth-order valence-electron chi connectivity index (χ4n) is 2.24. The van der Waals surface area contributed by atoms with Crippen molar-refractivity contribution in [2.24, 2.45) is 0 Å². The van der Waals surface area contributed by atoms with Crippen molar-refractivity contribution in [1.82, 2.24) is 0 Å². The fraction of sp³-hybridized carbons (Fsp3) is 0.467. The number of carbonyl (C=O) groups is 2. The molecule has 4 nitrogen and oxygen atoms in total. The Bertz CT molecular complexity index is 564. The SMILES string of the molecule is CC[C@]1(F)C(=O)N(C(=O)OC(C)(C)C)c2ccccc21. The summed E-state index contributed by atoms with van der Waals surface area (Å²) in [6.07, 6.45) is -0.870. The lowest BCUT2D eigenvalue weighted by atomic mass is 9.95. The number of para-hydroxylation sites is 1. The number of fused-ring (bicyclic) bond motifs is 1. The van der Waals surface area contributed by atoms with Crippen LogP contribution in [-0.4, -0.2) is 17.6 Å². The van der Waals surface area contributed by atoms with Crippen LogP contribution in [0.2, 0.25) is 0 Å². The number of hydrogen-bond acceptors (Lipinski definition) is 3. The van der Waals surface area contributed by atoms with Crippen LogP contribution in [0.25, 0.3) is 0 Å². The molecule has 0 saturated heterocycles. The van der Waals surface area contributed by atoms with Crippen molar-refractivity contribution in [3.63, 3.8) is 0 Å². The minimum atomic E-state index is -2.16. The van der Waals surface area contributed by atoms with Crippen LogP contribution in [0.4, 0.5) is 14.9 Å². The molecule has 0 saturated carbocycles. The van der Waals surface area contributed by atoms with E-state index in [0.717, 1.165) is 4.90 Å². The fourth-order valence-corrected chi connectivity index (χ4v) is 2.24. The Morgan fingerprint density at radius 2 is 1.95 bits per heavy atom. The molecule has 1 aromatic carbocycles. The second-order valence-electron chi connectivity index (χ2n) is 5.79. The van der Waals surface area contributed by atoms with Crippen LogP contribution in [0, 0.1) is 0 Å². The van der Waals surface area contributed by atoms with Gasteiger partial charge in [-0.05, 0) is 33.3 Å². The van der Waals surface area contributed by atoms with Gasteiger partial charge < -0.3 is 4.74 Å². The summed E-state index contributed by atoms with van der Waals surface area (Å²) in [7, 11) is 0. The Hall–Kier alpha value is -1.91. The van der Waals surface area contributed by atoms with Crippen LogP contribution in [0.1, 0.15) is 39.7 Å². The molecule has 1 atom stereocenters. The van der Waals surface area contributed by atoms with Gasteiger partial charge in [0.25, 0.3) is 5.91 Å². The molecule has 0 bridgehead atoms. The van der Waals surface area contributed by atoms with Crippen molar-refractivity contribution >= 4 is 17.7 Å². The van der Waals surface area contributed by atoms with E-state index >= 15 is 0 Å². The maximum atomic E-state index is 14.9. The number of rotatable bonds is 1. The van der Waals surface area contributed by atoms with Crippen LogP contribution >= 0.6 is 0 Å². The number of benzene rings is 1. The van der Waals surface area contributed by atoms with E-state index in [1.54, 1.807) is 45.9 Å². The van der Waals surface area contributed by atoms with Crippen LogP contribution in [0.15, 0.2) is 24.3 Å². The maximum Gasteiger partial charge on any atom is 0.421 e. The third-order valence-corrected chi connectivity index (χ3v) is 3.18. The molecular formula is C15H18FNO3. The van der Waals surface area contributed by atoms with Gasteiger partial charge in [0.05, 0.1) is 5.69 Å². The van der Waals surface area contributed by atoms with Gasteiger partial charge in [-0.2, -0.15) is 0 Å². The number of anilines is 1. The number of hydrogen-bond donors (Lipinski definition) is 0. The average Bonchev–Trinajstić information content (AvgIpc) is 2.58. The van der Waals surface area contributed by atoms with Crippen molar-refractivity contribution in [2.75, 3.05) is 4.90 Å². The molecule has 0 N–H and O–H groups in total. The van der Waals surface area contributed by atoms with Gasteiger partial charge in [0, 0.05) is 5.56 Å². The van der Waals surface area contributed by atoms with E-state index in [2.05, 4.69) is 0 Å². The molecule has 5 heteroatoms. The molecule has 2 rings (SSSR count). The Labute approximate surface area is 117 Å². The summed E-state index contributed by atoms with van der Waals surface area (Å²) >= 11 is 0. The van der Waals surface area contributed by atoms with Crippen molar-refractivity contribution in [1.29, 1.82) is 0 Å². The summed E-state index contributed by atoms with van der Waals surface area (Å²) in [5.74, 6) is -0.879. The molecule has 0 radical (unpaired) electrons. The summed E-state index contributed by atoms with van der Waals surface area (Å²) in [5.41, 5.74) is -2.43. The highest BCUT2D eigenvalue weighted by atomic mass is 19.1. The molecule has 1 aliphatic heterocycles. The van der Waals surface area contributed by atoms with Gasteiger partial charge in [0.15, 0.2) is 0 Å². The van der Waals surface area contributed by atoms with Crippen LogP contribution in [-0.2, 0) is 15.2 Å². The number of alkyl halides is 1. The van der Waals surface area contributed by atoms with E-state index < -0.39 is 23.3 Å². The van der Waals surface area contributed by atoms with E-state index in [1.807, 2.05) is 0 Å². The van der Waals surface area contributed by atoms with Crippen LogP contribution in [0.5, 0.6) is 0 Å². The lowest BCUT2D eigenvalue weighted by molar-refractivity contribution is -0.129. The highest BCUT2D eigenvalue weighted by Gasteiger charge is 2.53. The predicted octanol–water partition coefficient (Wildman–Crippen LogP) is 3.54. The average molecular weight is 279 g/mol. The first kappa shape index (κ1) is 14.5. The molecule has 1 heterocycles. The van der Waals surface area contributed by atoms with E-state index in [-0.39, 0.29) is 17.7 Å². The Morgan fingerprint density at radius 1 is 1.35 bits per heavy atom. The molecular weight excluding hydrogens is 261 g/mol. The topological polar surface area (TPSA) is 46.6 Å². The highest BCUT2D eigenvalue weighted by Crippen LogP contribution is 2.45. The Morgan fingerprint density at radius 3 is 2.50 bits per heavy atom. The van der Waals surface area contributed by atoms with Crippen molar-refractivity contribution in [2.45, 2.75) is 45.4 Å². The summed E-state index contributed by atoms with van der Waals surface area (Å²) in [4.78, 5) is 25.2. The van der Waals surface area contributed by atoms with Gasteiger partial charge >= 0.3 is 6.09 Å². The van der Waals surface area contributed by atoms with Gasteiger partial charge in [-0.25, -0.2) is 14.1 Å². The van der Waals surface area contributed by atoms with Crippen LogP contribution in [0.3, 0.4) is 0 Å². The monoisotopic (exact) mass is 279 g/mol. The first-order valence-electron chi connectivity index (χ1n) is 6.56. The predicted molar refractivity (Wildman–Crippen MR) is 73.2 cm³/mol. The van der Waals surface area contributed by atoms with E-state index in [9.17, 15) is 14.0 Å². The quantitative estimate of drug-likeness (QED) is 0.790. The number of ether oxygens (including phenoxy) is 1. The lowest BCUT2D eigenvalue weighted by Crippen LogP contribution is -2.43. The zero-order valence-corrected chi connectivity index (χ0v) is 12.1. The van der Waals surface area contributed by atoms with Crippen LogP contribution < -0.4 is 4.90 Å². The second-order valence-corrected chi connectivity index (χ2v) is 5.79. The number of nitrogens with zero attached hydrogens (tertiary/aromatic N) is 1. The lowest BCUT2D eigenvalue weighted by Gasteiger charge is -2.24. The zero-order chi connectivity index (χ0) is 15.1. The van der Waals surface area contributed by atoms with Gasteiger partial charge in [0.2, 0.25) is 5.67 Å². The second kappa shape index (κ2) is 4.58. The molecule has 1 aliphatic rings. The number of halogens is 1. The van der Waals surface area contributed by atoms with Gasteiger partial charge in [0.1, 0.15) is 5.60 Å². The first-order chi connectivity index (χ1) is 9.20. The maximum absolute atomic E-state index is 14.9. The zero-order valence-electron chi connectivity index (χ0n) is 12.1. The standard InChI is InChI=1S/C15H18FNO3/c1-5-15(16)10-8-6-7-9-11(10)17(12(15)18)13(19)20-14(2,3)4/h6-9H,5H2,1-4H3/t15-/m1/s1. The minimum absolute atomic E-state index is 0.0257. The molecule has 0 aromatic heterocycles. The van der Waals surface area contributed by atoms with Gasteiger partial charge in [-0.3, -0.25) is 4.79 Å². The number of carbonyl (C=O) groups excluding carboxylic acids is 2.